The molecule has 2 aliphatic rings. The van der Waals surface area contributed by atoms with Crippen molar-refractivity contribution in [3.05, 3.63) is 76.7 Å². The molecule has 5 rings (SSSR count). The minimum atomic E-state index is -0.0216. The Morgan fingerprint density at radius 1 is 0.966 bits per heavy atom. The van der Waals surface area contributed by atoms with Crippen LogP contribution in [0, 0.1) is 6.92 Å². The number of aryl methyl sites for hydroxylation is 1. The first-order valence-corrected chi connectivity index (χ1v) is 9.82. The van der Waals surface area contributed by atoms with Crippen LogP contribution in [0.5, 0.6) is 0 Å². The number of benzene rings is 2. The molecule has 1 saturated heterocycles. The van der Waals surface area contributed by atoms with Crippen LogP contribution in [0.2, 0.25) is 0 Å². The van der Waals surface area contributed by atoms with Crippen LogP contribution >= 0.6 is 0 Å². The first-order chi connectivity index (χ1) is 14.1. The third kappa shape index (κ3) is 3.15. The number of rotatable bonds is 3. The molecular weight excluding hydrogens is 366 g/mol. The van der Waals surface area contributed by atoms with E-state index in [0.717, 1.165) is 35.7 Å². The van der Waals surface area contributed by atoms with Crippen molar-refractivity contribution < 1.29 is 14.1 Å². The molecule has 146 valence electrons. The van der Waals surface area contributed by atoms with Crippen LogP contribution in [0.15, 0.2) is 53.1 Å². The third-order valence-electron chi connectivity index (χ3n) is 5.69. The maximum absolute atomic E-state index is 13.0. The number of piperazine rings is 1. The van der Waals surface area contributed by atoms with Crippen LogP contribution in [0.3, 0.4) is 0 Å². The van der Waals surface area contributed by atoms with Crippen molar-refractivity contribution in [3.63, 3.8) is 0 Å². The van der Waals surface area contributed by atoms with Crippen LogP contribution in [0.25, 0.3) is 11.1 Å². The van der Waals surface area contributed by atoms with Crippen molar-refractivity contribution in [3.8, 4) is 11.1 Å². The quantitative estimate of drug-likeness (QED) is 0.540. The van der Waals surface area contributed by atoms with E-state index in [1.165, 1.54) is 0 Å². The van der Waals surface area contributed by atoms with Crippen LogP contribution in [0.4, 0.5) is 0 Å². The number of aromatic nitrogens is 1. The molecule has 6 nitrogen and oxygen atoms in total. The molecule has 0 radical (unpaired) electrons. The number of fused-ring (bicyclic) bond motifs is 3. The first kappa shape index (κ1) is 17.8. The normalized spacial score (nSPS) is 16.0. The van der Waals surface area contributed by atoms with Crippen molar-refractivity contribution in [2.45, 2.75) is 13.5 Å². The number of hydrogen-bond donors (Lipinski definition) is 0. The summed E-state index contributed by atoms with van der Waals surface area (Å²) in [7, 11) is 0. The van der Waals surface area contributed by atoms with Crippen LogP contribution < -0.4 is 0 Å². The zero-order valence-electron chi connectivity index (χ0n) is 16.2. The second-order valence-electron chi connectivity index (χ2n) is 7.64. The largest absolute Gasteiger partial charge is 0.360 e. The number of carbonyl (C=O) groups is 2. The molecule has 2 heterocycles. The van der Waals surface area contributed by atoms with Gasteiger partial charge in [0, 0.05) is 48.9 Å². The van der Waals surface area contributed by atoms with Gasteiger partial charge in [0.25, 0.3) is 5.91 Å². The molecule has 0 bridgehead atoms. The van der Waals surface area contributed by atoms with Gasteiger partial charge in [0.15, 0.2) is 11.5 Å². The molecule has 0 spiro atoms. The van der Waals surface area contributed by atoms with E-state index in [0.29, 0.717) is 36.3 Å². The zero-order valence-corrected chi connectivity index (χ0v) is 16.2. The standard InChI is InChI=1S/C23H21N3O3/c1-15-12-17(29-24-15)14-25-8-10-26(11-9-25)23(28)16-6-7-19-18-4-2-3-5-20(18)22(27)21(19)13-16/h2-7,12-13H,8-11,14H2,1H3. The van der Waals surface area contributed by atoms with E-state index >= 15 is 0 Å². The van der Waals surface area contributed by atoms with Gasteiger partial charge < -0.3 is 9.42 Å². The van der Waals surface area contributed by atoms with Crippen molar-refractivity contribution in [2.24, 2.45) is 0 Å². The summed E-state index contributed by atoms with van der Waals surface area (Å²) in [6, 6.07) is 15.0. The van der Waals surface area contributed by atoms with E-state index in [4.69, 9.17) is 4.52 Å². The Labute approximate surface area is 168 Å². The molecule has 0 saturated carbocycles. The molecule has 0 unspecified atom stereocenters. The number of hydrogen-bond acceptors (Lipinski definition) is 5. The molecule has 2 aromatic carbocycles. The van der Waals surface area contributed by atoms with Crippen molar-refractivity contribution in [1.29, 1.82) is 0 Å². The number of nitrogens with zero attached hydrogens (tertiary/aromatic N) is 3. The summed E-state index contributed by atoms with van der Waals surface area (Å²) < 4.78 is 5.29. The fourth-order valence-corrected chi connectivity index (χ4v) is 4.16. The Morgan fingerprint density at radius 3 is 2.41 bits per heavy atom. The monoisotopic (exact) mass is 387 g/mol. The highest BCUT2D eigenvalue weighted by Gasteiger charge is 2.29. The van der Waals surface area contributed by atoms with Gasteiger partial charge in [-0.2, -0.15) is 0 Å². The van der Waals surface area contributed by atoms with Crippen molar-refractivity contribution in [1.82, 2.24) is 15.0 Å². The van der Waals surface area contributed by atoms with Crippen molar-refractivity contribution >= 4 is 11.7 Å². The number of ketones is 1. The Kier molecular flexibility index (Phi) is 4.28. The van der Waals surface area contributed by atoms with E-state index in [9.17, 15) is 9.59 Å². The summed E-state index contributed by atoms with van der Waals surface area (Å²) in [5.74, 6) is 0.822. The summed E-state index contributed by atoms with van der Waals surface area (Å²) in [4.78, 5) is 29.8. The molecule has 1 aliphatic heterocycles. The number of carbonyl (C=O) groups excluding carboxylic acids is 2. The molecular formula is C23H21N3O3. The van der Waals surface area contributed by atoms with Gasteiger partial charge in [-0.1, -0.05) is 35.5 Å². The highest BCUT2D eigenvalue weighted by atomic mass is 16.5. The maximum atomic E-state index is 13.0. The second-order valence-corrected chi connectivity index (χ2v) is 7.64. The average Bonchev–Trinajstić information content (AvgIpc) is 3.29. The lowest BCUT2D eigenvalue weighted by Crippen LogP contribution is -2.48. The van der Waals surface area contributed by atoms with Gasteiger partial charge in [-0.15, -0.1) is 0 Å². The van der Waals surface area contributed by atoms with Crippen LogP contribution in [-0.2, 0) is 6.54 Å². The summed E-state index contributed by atoms with van der Waals surface area (Å²) in [5, 5.41) is 3.92. The molecule has 1 aliphatic carbocycles. The molecule has 1 fully saturated rings. The fourth-order valence-electron chi connectivity index (χ4n) is 4.16. The highest BCUT2D eigenvalue weighted by molar-refractivity contribution is 6.22. The highest BCUT2D eigenvalue weighted by Crippen LogP contribution is 2.36. The van der Waals surface area contributed by atoms with Gasteiger partial charge in [-0.05, 0) is 30.2 Å². The summed E-state index contributed by atoms with van der Waals surface area (Å²) in [6.07, 6.45) is 0. The Bertz CT molecular complexity index is 1110. The van der Waals surface area contributed by atoms with Gasteiger partial charge in [0.05, 0.1) is 12.2 Å². The maximum Gasteiger partial charge on any atom is 0.253 e. The molecule has 0 atom stereocenters. The van der Waals surface area contributed by atoms with Gasteiger partial charge >= 0.3 is 0 Å². The third-order valence-corrected chi connectivity index (χ3v) is 5.69. The van der Waals surface area contributed by atoms with E-state index in [1.807, 2.05) is 54.3 Å². The van der Waals surface area contributed by atoms with Gasteiger partial charge in [-0.3, -0.25) is 14.5 Å². The van der Waals surface area contributed by atoms with E-state index in [1.54, 1.807) is 6.07 Å². The van der Waals surface area contributed by atoms with Gasteiger partial charge in [0.2, 0.25) is 0 Å². The molecule has 29 heavy (non-hydrogen) atoms. The van der Waals surface area contributed by atoms with E-state index < -0.39 is 0 Å². The lowest BCUT2D eigenvalue weighted by molar-refractivity contribution is 0.0617. The van der Waals surface area contributed by atoms with Crippen LogP contribution in [-0.4, -0.2) is 52.8 Å². The molecule has 6 heteroatoms. The second kappa shape index (κ2) is 6.97. The summed E-state index contributed by atoms with van der Waals surface area (Å²) in [5.41, 5.74) is 4.64. The Balaban J connectivity index is 1.28. The van der Waals surface area contributed by atoms with Gasteiger partial charge in [0.1, 0.15) is 0 Å². The number of amides is 1. The Morgan fingerprint density at radius 2 is 1.69 bits per heavy atom. The lowest BCUT2D eigenvalue weighted by atomic mass is 10.0. The molecule has 3 aromatic rings. The smallest absolute Gasteiger partial charge is 0.253 e. The van der Waals surface area contributed by atoms with E-state index in [-0.39, 0.29) is 11.7 Å². The predicted octanol–water partition coefficient (Wildman–Crippen LogP) is 3.15. The van der Waals surface area contributed by atoms with Gasteiger partial charge in [-0.25, -0.2) is 0 Å². The SMILES string of the molecule is Cc1cc(CN2CCN(C(=O)c3ccc4c(c3)C(=O)c3ccccc3-4)CC2)on1. The molecule has 1 amide bonds. The van der Waals surface area contributed by atoms with Crippen LogP contribution in [0.1, 0.15) is 37.7 Å². The average molecular weight is 387 g/mol. The Hall–Kier alpha value is -3.25. The fraction of sp³-hybridized carbons (Fsp3) is 0.261. The predicted molar refractivity (Wildman–Crippen MR) is 108 cm³/mol. The van der Waals surface area contributed by atoms with E-state index in [2.05, 4.69) is 10.1 Å². The summed E-state index contributed by atoms with van der Waals surface area (Å²) in [6.45, 7) is 5.47. The minimum Gasteiger partial charge on any atom is -0.360 e. The zero-order chi connectivity index (χ0) is 20.0. The van der Waals surface area contributed by atoms with Crippen molar-refractivity contribution in [2.75, 3.05) is 26.2 Å². The molecule has 0 N–H and O–H groups in total. The first-order valence-electron chi connectivity index (χ1n) is 9.82. The molecule has 1 aromatic heterocycles. The topological polar surface area (TPSA) is 66.7 Å². The lowest BCUT2D eigenvalue weighted by Gasteiger charge is -2.34. The minimum absolute atomic E-state index is 0.00239. The summed E-state index contributed by atoms with van der Waals surface area (Å²) >= 11 is 0.